The molecule has 1 aliphatic heterocycles. The number of benzene rings is 1. The number of rotatable bonds is 9. The number of aliphatic carboxylic acids is 1. The number of amides is 1. The van der Waals surface area contributed by atoms with Gasteiger partial charge in [-0.05, 0) is 37.1 Å². The van der Waals surface area contributed by atoms with Crippen LogP contribution >= 0.6 is 11.3 Å². The minimum Gasteiger partial charge on any atom is -0.481 e. The Kier molecular flexibility index (Phi) is 8.20. The molecule has 0 unspecified atom stereocenters. The third-order valence-electron chi connectivity index (χ3n) is 6.86. The lowest BCUT2D eigenvalue weighted by atomic mass is 9.87. The molecular weight excluding hydrogens is 488 g/mol. The second-order valence-corrected chi connectivity index (χ2v) is 12.2. The summed E-state index contributed by atoms with van der Waals surface area (Å²) in [5, 5.41) is 13.8. The number of aromatic nitrogens is 1. The van der Waals surface area contributed by atoms with E-state index in [2.05, 4.69) is 15.2 Å². The maximum absolute atomic E-state index is 13.3. The second-order valence-electron chi connectivity index (χ2n) is 9.42. The van der Waals surface area contributed by atoms with Crippen LogP contribution in [-0.4, -0.2) is 72.8 Å². The van der Waals surface area contributed by atoms with Crippen LogP contribution < -0.4 is 5.32 Å². The average Bonchev–Trinajstić information content (AvgIpc) is 3.49. The number of piperazine rings is 1. The van der Waals surface area contributed by atoms with E-state index >= 15 is 0 Å². The maximum atomic E-state index is 13.3. The molecule has 1 amide bonds. The summed E-state index contributed by atoms with van der Waals surface area (Å²) < 4.78 is 27.7. The summed E-state index contributed by atoms with van der Waals surface area (Å²) in [6.07, 6.45) is 4.97. The van der Waals surface area contributed by atoms with Crippen molar-refractivity contribution in [3.05, 3.63) is 40.9 Å². The predicted octanol–water partition coefficient (Wildman–Crippen LogP) is 3.01. The molecule has 190 valence electrons. The van der Waals surface area contributed by atoms with E-state index in [1.807, 2.05) is 7.05 Å². The monoisotopic (exact) mass is 520 g/mol. The van der Waals surface area contributed by atoms with Gasteiger partial charge in [-0.15, -0.1) is 11.3 Å². The number of anilines is 1. The molecule has 11 heteroatoms. The number of carboxylic acid groups (broad SMARTS) is 1. The lowest BCUT2D eigenvalue weighted by Crippen LogP contribution is -2.47. The van der Waals surface area contributed by atoms with Gasteiger partial charge in [0.15, 0.2) is 5.13 Å². The molecule has 35 heavy (non-hydrogen) atoms. The molecule has 1 atom stereocenters. The molecular formula is C24H32N4O5S2. The van der Waals surface area contributed by atoms with Crippen molar-refractivity contribution in [2.75, 3.05) is 38.5 Å². The van der Waals surface area contributed by atoms with Gasteiger partial charge in [-0.3, -0.25) is 9.59 Å². The van der Waals surface area contributed by atoms with Crippen LogP contribution in [0.5, 0.6) is 0 Å². The van der Waals surface area contributed by atoms with Gasteiger partial charge in [0.1, 0.15) is 0 Å². The van der Waals surface area contributed by atoms with Crippen molar-refractivity contribution in [3.8, 4) is 0 Å². The molecule has 4 rings (SSSR count). The van der Waals surface area contributed by atoms with E-state index in [0.29, 0.717) is 49.3 Å². The first kappa shape index (κ1) is 25.7. The number of hydrogen-bond donors (Lipinski definition) is 2. The van der Waals surface area contributed by atoms with Gasteiger partial charge < -0.3 is 15.3 Å². The number of hydrogen-bond acceptors (Lipinski definition) is 7. The zero-order valence-corrected chi connectivity index (χ0v) is 21.5. The second kappa shape index (κ2) is 11.2. The Morgan fingerprint density at radius 3 is 2.43 bits per heavy atom. The van der Waals surface area contributed by atoms with Crippen molar-refractivity contribution in [1.29, 1.82) is 0 Å². The standard InChI is InChI=1S/C24H32N4O5S2/c1-27-10-12-28(13-11-27)35(32,33)20-8-6-18(7-9-20)21(14-17-4-2-3-5-17)23(31)26-24-25-19(16-34-24)15-22(29)30/h6-9,16-17,21H,2-5,10-15H2,1H3,(H,29,30)(H,25,26,31)/t21-/m1/s1. The van der Waals surface area contributed by atoms with Gasteiger partial charge >= 0.3 is 5.97 Å². The van der Waals surface area contributed by atoms with Gasteiger partial charge in [0.05, 0.1) is 22.9 Å². The van der Waals surface area contributed by atoms with Gasteiger partial charge in [0.2, 0.25) is 15.9 Å². The summed E-state index contributed by atoms with van der Waals surface area (Å²) in [4.78, 5) is 30.8. The SMILES string of the molecule is CN1CCN(S(=O)(=O)c2ccc([C@@H](CC3CCCC3)C(=O)Nc3nc(CC(=O)O)cs3)cc2)CC1. The molecule has 2 heterocycles. The van der Waals surface area contributed by atoms with Crippen LogP contribution in [0.15, 0.2) is 34.5 Å². The van der Waals surface area contributed by atoms with Crippen LogP contribution in [0.25, 0.3) is 0 Å². The number of carbonyl (C=O) groups excluding carboxylic acids is 1. The van der Waals surface area contributed by atoms with Crippen LogP contribution in [0.2, 0.25) is 0 Å². The third kappa shape index (κ3) is 6.46. The van der Waals surface area contributed by atoms with E-state index in [0.717, 1.165) is 31.2 Å². The van der Waals surface area contributed by atoms with Gasteiger partial charge in [-0.25, -0.2) is 13.4 Å². The Morgan fingerprint density at radius 1 is 1.14 bits per heavy atom. The summed E-state index contributed by atoms with van der Waals surface area (Å²) >= 11 is 1.20. The Hall–Kier alpha value is -2.34. The topological polar surface area (TPSA) is 120 Å². The van der Waals surface area contributed by atoms with Gasteiger partial charge in [-0.2, -0.15) is 4.31 Å². The minimum absolute atomic E-state index is 0.193. The number of carbonyl (C=O) groups is 2. The van der Waals surface area contributed by atoms with Crippen molar-refractivity contribution in [2.45, 2.75) is 49.3 Å². The zero-order valence-electron chi connectivity index (χ0n) is 19.9. The van der Waals surface area contributed by atoms with Crippen molar-refractivity contribution >= 4 is 38.4 Å². The highest BCUT2D eigenvalue weighted by Crippen LogP contribution is 2.35. The van der Waals surface area contributed by atoms with Crippen LogP contribution in [0.1, 0.15) is 49.3 Å². The van der Waals surface area contributed by atoms with E-state index in [4.69, 9.17) is 5.11 Å². The average molecular weight is 521 g/mol. The number of thiazole rings is 1. The fourth-order valence-electron chi connectivity index (χ4n) is 4.82. The van der Waals surface area contributed by atoms with Crippen LogP contribution in [0.3, 0.4) is 0 Å². The van der Waals surface area contributed by atoms with E-state index in [9.17, 15) is 18.0 Å². The van der Waals surface area contributed by atoms with E-state index in [-0.39, 0.29) is 17.2 Å². The van der Waals surface area contributed by atoms with Gasteiger partial charge in [0, 0.05) is 31.6 Å². The molecule has 2 N–H and O–H groups in total. The molecule has 2 aromatic rings. The van der Waals surface area contributed by atoms with Crippen LogP contribution in [0.4, 0.5) is 5.13 Å². The molecule has 1 aromatic heterocycles. The van der Waals surface area contributed by atoms with Gasteiger partial charge in [-0.1, -0.05) is 37.8 Å². The minimum atomic E-state index is -3.58. The number of carboxylic acids is 1. The molecule has 2 fully saturated rings. The Balaban J connectivity index is 1.51. The Morgan fingerprint density at radius 2 is 1.80 bits per heavy atom. The highest BCUT2D eigenvalue weighted by atomic mass is 32.2. The number of likely N-dealkylation sites (N-methyl/N-ethyl adjacent to an activating group) is 1. The number of nitrogens with zero attached hydrogens (tertiary/aromatic N) is 3. The van der Waals surface area contributed by atoms with Crippen molar-refractivity contribution < 1.29 is 23.1 Å². The fraction of sp³-hybridized carbons (Fsp3) is 0.542. The smallest absolute Gasteiger partial charge is 0.309 e. The Bertz CT molecular complexity index is 1130. The quantitative estimate of drug-likeness (QED) is 0.522. The summed E-state index contributed by atoms with van der Waals surface area (Å²) in [6.45, 7) is 2.33. The maximum Gasteiger partial charge on any atom is 0.309 e. The number of nitrogens with one attached hydrogen (secondary N) is 1. The van der Waals surface area contributed by atoms with Crippen LogP contribution in [-0.2, 0) is 26.0 Å². The normalized spacial score (nSPS) is 19.0. The fourth-order valence-corrected chi connectivity index (χ4v) is 6.95. The zero-order chi connectivity index (χ0) is 25.0. The predicted molar refractivity (Wildman–Crippen MR) is 134 cm³/mol. The molecule has 0 spiro atoms. The molecule has 1 saturated carbocycles. The van der Waals surface area contributed by atoms with Crippen LogP contribution in [0, 0.1) is 5.92 Å². The Labute approximate surface area is 210 Å². The van der Waals surface area contributed by atoms with Crippen molar-refractivity contribution in [1.82, 2.24) is 14.2 Å². The largest absolute Gasteiger partial charge is 0.481 e. The molecule has 2 aliphatic rings. The third-order valence-corrected chi connectivity index (χ3v) is 9.58. The first-order chi connectivity index (χ1) is 16.7. The lowest BCUT2D eigenvalue weighted by Gasteiger charge is -2.31. The molecule has 9 nitrogen and oxygen atoms in total. The first-order valence-electron chi connectivity index (χ1n) is 12.0. The number of sulfonamides is 1. The molecule has 0 bridgehead atoms. The lowest BCUT2D eigenvalue weighted by molar-refractivity contribution is -0.136. The molecule has 0 radical (unpaired) electrons. The molecule has 1 saturated heterocycles. The van der Waals surface area contributed by atoms with Gasteiger partial charge in [0.25, 0.3) is 0 Å². The summed E-state index contributed by atoms with van der Waals surface area (Å²) in [6, 6.07) is 6.71. The summed E-state index contributed by atoms with van der Waals surface area (Å²) in [5.74, 6) is -1.18. The molecule has 1 aliphatic carbocycles. The highest BCUT2D eigenvalue weighted by Gasteiger charge is 2.30. The van der Waals surface area contributed by atoms with E-state index in [1.54, 1.807) is 29.6 Å². The van der Waals surface area contributed by atoms with E-state index in [1.165, 1.54) is 15.6 Å². The van der Waals surface area contributed by atoms with E-state index < -0.39 is 21.9 Å². The summed E-state index contributed by atoms with van der Waals surface area (Å²) in [5.41, 5.74) is 1.18. The summed E-state index contributed by atoms with van der Waals surface area (Å²) in [7, 11) is -1.60. The highest BCUT2D eigenvalue weighted by molar-refractivity contribution is 7.89. The van der Waals surface area contributed by atoms with Crippen molar-refractivity contribution in [3.63, 3.8) is 0 Å². The molecule has 1 aromatic carbocycles. The van der Waals surface area contributed by atoms with Crippen molar-refractivity contribution in [2.24, 2.45) is 5.92 Å². The first-order valence-corrected chi connectivity index (χ1v) is 14.3.